The quantitative estimate of drug-likeness (QED) is 0.0469. The van der Waals surface area contributed by atoms with Crippen LogP contribution in [0.2, 0.25) is 0 Å². The largest absolute Gasteiger partial charge is 0.467 e. The maximum absolute atomic E-state index is 14.6. The van der Waals surface area contributed by atoms with Crippen LogP contribution in [0.5, 0.6) is 0 Å². The maximum atomic E-state index is 14.6. The Hall–Kier alpha value is -4.51. The molecule has 17 heteroatoms. The number of allylic oxidation sites excluding steroid dienone is 2. The summed E-state index contributed by atoms with van der Waals surface area (Å²) in [4.78, 5) is 128. The van der Waals surface area contributed by atoms with Crippen molar-refractivity contribution >= 4 is 52.9 Å². The number of nitrogens with two attached hydrogens (primary N) is 1. The first kappa shape index (κ1) is 66.5. The number of aliphatic hydroxyl groups excluding tert-OH is 1. The number of Topliss-reactive ketones (excluding diaryl/α,β-unsaturated/α-hetero) is 3. The molecule has 0 fully saturated rings. The smallest absolute Gasteiger partial charge is 0.328 e. The van der Waals surface area contributed by atoms with Crippen molar-refractivity contribution in [3.63, 3.8) is 0 Å². The normalized spacial score (nSPS) is 16.6. The molecule has 0 bridgehead atoms. The first-order chi connectivity index (χ1) is 32.8. The lowest BCUT2D eigenvalue weighted by molar-refractivity contribution is -0.148. The molecule has 5 N–H and O–H groups in total. The van der Waals surface area contributed by atoms with Crippen LogP contribution in [-0.4, -0.2) is 143 Å². The van der Waals surface area contributed by atoms with Crippen LogP contribution in [0.4, 0.5) is 0 Å². The van der Waals surface area contributed by atoms with E-state index in [1.807, 2.05) is 74.5 Å². The Kier molecular flexibility index (Phi) is 29.8. The molecule has 0 aliphatic rings. The van der Waals surface area contributed by atoms with E-state index in [-0.39, 0.29) is 73.2 Å². The van der Waals surface area contributed by atoms with Crippen molar-refractivity contribution in [1.29, 1.82) is 0 Å². The number of carbonyl (C=O) groups is 9. The summed E-state index contributed by atoms with van der Waals surface area (Å²) >= 11 is 0. The van der Waals surface area contributed by atoms with Crippen molar-refractivity contribution in [1.82, 2.24) is 25.3 Å². The van der Waals surface area contributed by atoms with Gasteiger partial charge in [-0.25, -0.2) is 4.79 Å². The summed E-state index contributed by atoms with van der Waals surface area (Å²) in [7, 11) is 5.74. The van der Waals surface area contributed by atoms with Crippen molar-refractivity contribution in [2.75, 3.05) is 28.3 Å². The van der Waals surface area contributed by atoms with Crippen LogP contribution in [-0.2, 0) is 47.9 Å². The van der Waals surface area contributed by atoms with Crippen LogP contribution >= 0.6 is 0 Å². The highest BCUT2D eigenvalue weighted by atomic mass is 16.5. The third kappa shape index (κ3) is 21.2. The number of aliphatic hydroxyl groups is 1. The van der Waals surface area contributed by atoms with Gasteiger partial charge in [0, 0.05) is 52.2 Å². The second-order valence-corrected chi connectivity index (χ2v) is 21.9. The number of rotatable bonds is 33. The lowest BCUT2D eigenvalue weighted by atomic mass is 9.82. The van der Waals surface area contributed by atoms with Gasteiger partial charge < -0.3 is 40.9 Å². The molecule has 0 aliphatic heterocycles. The Bertz CT molecular complexity index is 1800. The number of methoxy groups -OCH3 is 1. The van der Waals surface area contributed by atoms with Gasteiger partial charge in [0.1, 0.15) is 12.1 Å². The number of ether oxygens (including phenoxy) is 1. The Morgan fingerprint density at radius 1 is 0.620 bits per heavy atom. The summed E-state index contributed by atoms with van der Waals surface area (Å²) in [5, 5.41) is 16.9. The molecule has 0 heterocycles. The van der Waals surface area contributed by atoms with Crippen LogP contribution in [0.15, 0.2) is 12.2 Å². The average molecular weight is 1010 g/mol. The van der Waals surface area contributed by atoms with Gasteiger partial charge in [-0.2, -0.15) is 0 Å². The molecule has 0 aliphatic carbocycles. The van der Waals surface area contributed by atoms with Crippen LogP contribution in [0.25, 0.3) is 0 Å². The lowest BCUT2D eigenvalue weighted by Gasteiger charge is -2.36. The highest BCUT2D eigenvalue weighted by molar-refractivity contribution is 5.98. The lowest BCUT2D eigenvalue weighted by Crippen LogP contribution is -2.54. The van der Waals surface area contributed by atoms with Gasteiger partial charge in [-0.3, -0.25) is 38.4 Å². The molecule has 408 valence electrons. The molecular formula is C54H96N6O11. The Balaban J connectivity index is 6.60. The molecule has 0 aromatic carbocycles. The van der Waals surface area contributed by atoms with Gasteiger partial charge in [-0.05, 0) is 81.5 Å². The molecular weight excluding hydrogens is 909 g/mol. The molecule has 17 nitrogen and oxygen atoms in total. The van der Waals surface area contributed by atoms with E-state index in [0.717, 1.165) is 0 Å². The molecule has 0 aromatic rings. The number of hydrogen-bond acceptors (Lipinski definition) is 12. The zero-order valence-corrected chi connectivity index (χ0v) is 47.0. The SMILES string of the molecule is C/C=C/C[C@@H](C)[C@@H](O)[C@H](CC(=O)[C@H](C(C)C)N(C)C(=O)[C@@H](CC(=O)[C@H](CC(C)C)N(C)C(=O)[C@@H](C)NC(=O)[C@H](C)CC(=O)[C@H](CC(C)C)N(C)C(=O)[C@@H](N)C(C)C)CC(C)C)C(=O)N[C@@H](CC)C(=O)OC. The predicted octanol–water partition coefficient (Wildman–Crippen LogP) is 5.53. The Morgan fingerprint density at radius 2 is 1.11 bits per heavy atom. The molecule has 71 heavy (non-hydrogen) atoms. The average Bonchev–Trinajstić information content (AvgIpc) is 3.29. The summed E-state index contributed by atoms with van der Waals surface area (Å²) in [6, 6.07) is -5.69. The third-order valence-electron chi connectivity index (χ3n) is 13.4. The fourth-order valence-electron chi connectivity index (χ4n) is 9.01. The molecule has 0 saturated carbocycles. The van der Waals surface area contributed by atoms with E-state index in [9.17, 15) is 48.3 Å². The Labute approximate surface area is 426 Å². The van der Waals surface area contributed by atoms with Crippen LogP contribution in [0.3, 0.4) is 0 Å². The molecule has 0 spiro atoms. The van der Waals surface area contributed by atoms with Crippen molar-refractivity contribution in [3.8, 4) is 0 Å². The minimum absolute atomic E-state index is 0.0484. The monoisotopic (exact) mass is 1000 g/mol. The van der Waals surface area contributed by atoms with Crippen molar-refractivity contribution in [3.05, 3.63) is 12.2 Å². The first-order valence-corrected chi connectivity index (χ1v) is 25.9. The highest BCUT2D eigenvalue weighted by Crippen LogP contribution is 2.28. The van der Waals surface area contributed by atoms with Gasteiger partial charge in [-0.15, -0.1) is 0 Å². The number of likely N-dealkylation sites (N-methyl/N-ethyl adjacent to an activating group) is 3. The number of carbonyl (C=O) groups excluding carboxylic acids is 9. The number of ketones is 3. The van der Waals surface area contributed by atoms with E-state index >= 15 is 0 Å². The summed E-state index contributed by atoms with van der Waals surface area (Å²) in [5.74, 6) is -8.50. The minimum atomic E-state index is -1.28. The number of nitrogens with zero attached hydrogens (tertiary/aromatic N) is 3. The third-order valence-corrected chi connectivity index (χ3v) is 13.4. The number of hydrogen-bond donors (Lipinski definition) is 4. The minimum Gasteiger partial charge on any atom is -0.467 e. The molecule has 0 aromatic heterocycles. The number of esters is 1. The summed E-state index contributed by atoms with van der Waals surface area (Å²) in [6.07, 6.45) is 3.08. The highest BCUT2D eigenvalue weighted by Gasteiger charge is 2.41. The van der Waals surface area contributed by atoms with Crippen LogP contribution in [0.1, 0.15) is 155 Å². The van der Waals surface area contributed by atoms with E-state index in [4.69, 9.17) is 10.5 Å². The van der Waals surface area contributed by atoms with E-state index in [1.54, 1.807) is 41.7 Å². The van der Waals surface area contributed by atoms with Crippen LogP contribution < -0.4 is 16.4 Å². The second-order valence-electron chi connectivity index (χ2n) is 21.9. The van der Waals surface area contributed by atoms with E-state index < -0.39 is 114 Å². The van der Waals surface area contributed by atoms with Gasteiger partial charge >= 0.3 is 5.97 Å². The van der Waals surface area contributed by atoms with E-state index in [0.29, 0.717) is 12.8 Å². The molecule has 0 unspecified atom stereocenters. The zero-order valence-electron chi connectivity index (χ0n) is 47.0. The number of amides is 5. The van der Waals surface area contributed by atoms with Crippen molar-refractivity contribution < 1.29 is 53.0 Å². The second kappa shape index (κ2) is 31.8. The molecule has 11 atom stereocenters. The Morgan fingerprint density at radius 3 is 1.55 bits per heavy atom. The summed E-state index contributed by atoms with van der Waals surface area (Å²) in [5.41, 5.74) is 6.14. The predicted molar refractivity (Wildman–Crippen MR) is 277 cm³/mol. The van der Waals surface area contributed by atoms with Gasteiger partial charge in [-0.1, -0.05) is 102 Å². The van der Waals surface area contributed by atoms with Crippen LogP contribution in [0, 0.1) is 53.3 Å². The van der Waals surface area contributed by atoms with Gasteiger partial charge in [0.15, 0.2) is 17.3 Å². The van der Waals surface area contributed by atoms with Gasteiger partial charge in [0.2, 0.25) is 29.5 Å². The summed E-state index contributed by atoms with van der Waals surface area (Å²) in [6.45, 7) is 27.1. The molecule has 5 amide bonds. The molecule has 0 rings (SSSR count). The topological polar surface area (TPSA) is 243 Å². The standard InChI is InChI=1S/C54H96N6O11/c1-20-22-23-35(13)48(64)39(50(66)57-40(21-2)54(70)71-19)29-45(63)47(34(11)12)60(18)52(68)38(24-30(3)4)28-44(62)42(26-32(7)8)58(16)51(67)37(15)56-49(65)36(14)27-43(61)41(25-31(5)6)59(17)53(69)46(55)33(9)10/h20,22,30-42,46-48,64H,21,23-29,55H2,1-19H3,(H,56,65)(H,57,66)/b22-20+/t35-,36-,37-,38-,39+,40+,41+,42+,46+,47+,48-/m1/s1. The maximum Gasteiger partial charge on any atom is 0.328 e. The molecule has 0 saturated heterocycles. The fraction of sp³-hybridized carbons (Fsp3) is 0.796. The van der Waals surface area contributed by atoms with Crippen molar-refractivity contribution in [2.45, 2.75) is 198 Å². The van der Waals surface area contributed by atoms with E-state index in [2.05, 4.69) is 10.6 Å². The van der Waals surface area contributed by atoms with Gasteiger partial charge in [0.05, 0.1) is 43.3 Å². The van der Waals surface area contributed by atoms with Crippen molar-refractivity contribution in [2.24, 2.45) is 59.0 Å². The molecule has 0 radical (unpaired) electrons. The number of nitrogens with one attached hydrogen (secondary N) is 2. The van der Waals surface area contributed by atoms with Gasteiger partial charge in [0.25, 0.3) is 0 Å². The zero-order chi connectivity index (χ0) is 55.4. The first-order valence-electron chi connectivity index (χ1n) is 25.9. The fourth-order valence-corrected chi connectivity index (χ4v) is 9.01. The summed E-state index contributed by atoms with van der Waals surface area (Å²) < 4.78 is 4.85. The van der Waals surface area contributed by atoms with E-state index in [1.165, 1.54) is 42.8 Å².